The number of unbranched alkanes of at least 4 members (excludes halogenated alkanes) is 1. The van der Waals surface area contributed by atoms with Crippen molar-refractivity contribution < 1.29 is 9.90 Å². The highest BCUT2D eigenvalue weighted by Gasteiger charge is 2.22. The van der Waals surface area contributed by atoms with Crippen LogP contribution in [-0.2, 0) is 0 Å². The smallest absolute Gasteiger partial charge is 0.253 e. The summed E-state index contributed by atoms with van der Waals surface area (Å²) in [5.74, 6) is -0.00941. The minimum Gasteiger partial charge on any atom is -0.506 e. The third-order valence-corrected chi connectivity index (χ3v) is 4.17. The van der Waals surface area contributed by atoms with Crippen LogP contribution in [0.3, 0.4) is 0 Å². The van der Waals surface area contributed by atoms with Crippen molar-refractivity contribution in [2.45, 2.75) is 38.6 Å². The zero-order valence-electron chi connectivity index (χ0n) is 12.4. The second-order valence-corrected chi connectivity index (χ2v) is 5.97. The highest BCUT2D eigenvalue weighted by Crippen LogP contribution is 2.24. The summed E-state index contributed by atoms with van der Waals surface area (Å²) < 4.78 is 0. The number of nitrogens with zero attached hydrogens (tertiary/aromatic N) is 1. The van der Waals surface area contributed by atoms with E-state index in [0.717, 1.165) is 38.9 Å². The number of hydrogen-bond acceptors (Lipinski definition) is 3. The summed E-state index contributed by atoms with van der Waals surface area (Å²) in [6.07, 6.45) is 4.33. The van der Waals surface area contributed by atoms with E-state index in [1.165, 1.54) is 12.5 Å². The number of amides is 1. The van der Waals surface area contributed by atoms with Crippen molar-refractivity contribution in [2.24, 2.45) is 0 Å². The number of carbonyl (C=O) groups excluding carboxylic acids is 1. The summed E-state index contributed by atoms with van der Waals surface area (Å²) in [7, 11) is 0. The largest absolute Gasteiger partial charge is 0.506 e. The van der Waals surface area contributed by atoms with E-state index in [4.69, 9.17) is 11.6 Å². The van der Waals surface area contributed by atoms with Crippen LogP contribution in [0.15, 0.2) is 18.2 Å². The van der Waals surface area contributed by atoms with E-state index in [2.05, 4.69) is 12.2 Å². The Kier molecular flexibility index (Phi) is 5.88. The molecule has 0 spiro atoms. The van der Waals surface area contributed by atoms with E-state index in [1.54, 1.807) is 12.1 Å². The maximum absolute atomic E-state index is 12.7. The van der Waals surface area contributed by atoms with Gasteiger partial charge in [-0.1, -0.05) is 24.9 Å². The number of phenols is 1. The number of rotatable bonds is 6. The SMILES string of the molecule is CCCCN(CC1CCCN1)C(=O)c1ccc(O)c(Cl)c1. The monoisotopic (exact) mass is 310 g/mol. The van der Waals surface area contributed by atoms with Gasteiger partial charge in [-0.25, -0.2) is 0 Å². The molecule has 1 aliphatic heterocycles. The lowest BCUT2D eigenvalue weighted by atomic mass is 10.1. The van der Waals surface area contributed by atoms with Crippen molar-refractivity contribution >= 4 is 17.5 Å². The molecule has 0 aromatic heterocycles. The first kappa shape index (κ1) is 16.1. The maximum atomic E-state index is 12.7. The number of hydrogen-bond donors (Lipinski definition) is 2. The molecule has 1 aromatic carbocycles. The third-order valence-electron chi connectivity index (χ3n) is 3.87. The number of aromatic hydroxyl groups is 1. The van der Waals surface area contributed by atoms with Gasteiger partial charge in [0.15, 0.2) is 0 Å². The number of phenolic OH excluding ortho intramolecular Hbond substituents is 1. The predicted octanol–water partition coefficient (Wildman–Crippen LogP) is 3.04. The second-order valence-electron chi connectivity index (χ2n) is 5.56. The lowest BCUT2D eigenvalue weighted by molar-refractivity contribution is 0.0739. The van der Waals surface area contributed by atoms with Crippen LogP contribution in [0.5, 0.6) is 5.75 Å². The van der Waals surface area contributed by atoms with Gasteiger partial charge >= 0.3 is 0 Å². The molecule has 1 aromatic rings. The molecule has 1 fully saturated rings. The summed E-state index contributed by atoms with van der Waals surface area (Å²) in [5, 5.41) is 13.1. The third kappa shape index (κ3) is 4.35. The van der Waals surface area contributed by atoms with Gasteiger partial charge in [-0.3, -0.25) is 4.79 Å². The molecule has 21 heavy (non-hydrogen) atoms. The maximum Gasteiger partial charge on any atom is 0.253 e. The van der Waals surface area contributed by atoms with Crippen LogP contribution in [0, 0.1) is 0 Å². The molecule has 1 amide bonds. The molecule has 0 radical (unpaired) electrons. The Bertz CT molecular complexity index is 487. The van der Waals surface area contributed by atoms with E-state index in [-0.39, 0.29) is 16.7 Å². The van der Waals surface area contributed by atoms with Crippen molar-refractivity contribution in [3.63, 3.8) is 0 Å². The molecule has 1 aliphatic rings. The van der Waals surface area contributed by atoms with Crippen LogP contribution in [0.25, 0.3) is 0 Å². The molecular formula is C16H23ClN2O2. The Labute approximate surface area is 131 Å². The lowest BCUT2D eigenvalue weighted by Gasteiger charge is -2.26. The van der Waals surface area contributed by atoms with Gasteiger partial charge in [0.25, 0.3) is 5.91 Å². The Morgan fingerprint density at radius 1 is 1.52 bits per heavy atom. The molecule has 4 nitrogen and oxygen atoms in total. The van der Waals surface area contributed by atoms with Gasteiger partial charge in [0, 0.05) is 24.7 Å². The van der Waals surface area contributed by atoms with Crippen molar-refractivity contribution in [3.8, 4) is 5.75 Å². The van der Waals surface area contributed by atoms with Crippen LogP contribution in [0.1, 0.15) is 43.0 Å². The Hall–Kier alpha value is -1.26. The van der Waals surface area contributed by atoms with Gasteiger partial charge in [0.2, 0.25) is 0 Å². The van der Waals surface area contributed by atoms with Crippen molar-refractivity contribution in [1.29, 1.82) is 0 Å². The quantitative estimate of drug-likeness (QED) is 0.849. The molecule has 1 saturated heterocycles. The first-order chi connectivity index (χ1) is 10.1. The first-order valence-electron chi connectivity index (χ1n) is 7.63. The van der Waals surface area contributed by atoms with Crippen LogP contribution >= 0.6 is 11.6 Å². The topological polar surface area (TPSA) is 52.6 Å². The summed E-state index contributed by atoms with van der Waals surface area (Å²) in [5.41, 5.74) is 0.534. The first-order valence-corrected chi connectivity index (χ1v) is 8.00. The molecule has 0 bridgehead atoms. The van der Waals surface area contributed by atoms with Crippen LogP contribution < -0.4 is 5.32 Å². The molecule has 5 heteroatoms. The summed E-state index contributed by atoms with van der Waals surface area (Å²) in [6, 6.07) is 5.03. The number of halogens is 1. The molecule has 2 rings (SSSR count). The standard InChI is InChI=1S/C16H23ClN2O2/c1-2-3-9-19(11-13-5-4-8-18-13)16(21)12-6-7-15(20)14(17)10-12/h6-7,10,13,18,20H,2-5,8-9,11H2,1H3. The second kappa shape index (κ2) is 7.66. The summed E-state index contributed by atoms with van der Waals surface area (Å²) >= 11 is 5.90. The fraction of sp³-hybridized carbons (Fsp3) is 0.562. The zero-order valence-corrected chi connectivity index (χ0v) is 13.2. The number of carbonyl (C=O) groups is 1. The molecule has 1 atom stereocenters. The summed E-state index contributed by atoms with van der Waals surface area (Å²) in [6.45, 7) is 4.64. The molecule has 0 saturated carbocycles. The Morgan fingerprint density at radius 2 is 2.33 bits per heavy atom. The molecule has 116 valence electrons. The number of benzene rings is 1. The van der Waals surface area contributed by atoms with Crippen LogP contribution in [0.4, 0.5) is 0 Å². The lowest BCUT2D eigenvalue weighted by Crippen LogP contribution is -2.41. The van der Waals surface area contributed by atoms with Gasteiger partial charge in [-0.05, 0) is 44.0 Å². The molecule has 2 N–H and O–H groups in total. The van der Waals surface area contributed by atoms with Crippen LogP contribution in [-0.4, -0.2) is 41.6 Å². The Balaban J connectivity index is 2.09. The molecule has 1 heterocycles. The van der Waals surface area contributed by atoms with Gasteiger partial charge < -0.3 is 15.3 Å². The minimum absolute atomic E-state index is 0.00536. The van der Waals surface area contributed by atoms with Gasteiger partial charge in [-0.15, -0.1) is 0 Å². The zero-order chi connectivity index (χ0) is 15.2. The fourth-order valence-corrected chi connectivity index (χ4v) is 2.81. The average molecular weight is 311 g/mol. The van der Waals surface area contributed by atoms with E-state index in [9.17, 15) is 9.90 Å². The van der Waals surface area contributed by atoms with Gasteiger partial charge in [0.1, 0.15) is 5.75 Å². The minimum atomic E-state index is -0.0148. The van der Waals surface area contributed by atoms with Crippen molar-refractivity contribution in [1.82, 2.24) is 10.2 Å². The molecular weight excluding hydrogens is 288 g/mol. The average Bonchev–Trinajstić information content (AvgIpc) is 2.98. The highest BCUT2D eigenvalue weighted by atomic mass is 35.5. The molecule has 1 unspecified atom stereocenters. The van der Waals surface area contributed by atoms with Crippen molar-refractivity contribution in [2.75, 3.05) is 19.6 Å². The van der Waals surface area contributed by atoms with Crippen molar-refractivity contribution in [3.05, 3.63) is 28.8 Å². The van der Waals surface area contributed by atoms with E-state index in [0.29, 0.717) is 11.6 Å². The van der Waals surface area contributed by atoms with E-state index < -0.39 is 0 Å². The normalized spacial score (nSPS) is 17.9. The van der Waals surface area contributed by atoms with Gasteiger partial charge in [-0.2, -0.15) is 0 Å². The highest BCUT2D eigenvalue weighted by molar-refractivity contribution is 6.32. The Morgan fingerprint density at radius 3 is 2.95 bits per heavy atom. The van der Waals surface area contributed by atoms with E-state index >= 15 is 0 Å². The van der Waals surface area contributed by atoms with Crippen LogP contribution in [0.2, 0.25) is 5.02 Å². The molecule has 0 aliphatic carbocycles. The fourth-order valence-electron chi connectivity index (χ4n) is 2.63. The summed E-state index contributed by atoms with van der Waals surface area (Å²) in [4.78, 5) is 14.6. The predicted molar refractivity (Wildman–Crippen MR) is 85.0 cm³/mol. The van der Waals surface area contributed by atoms with Gasteiger partial charge in [0.05, 0.1) is 5.02 Å². The van der Waals surface area contributed by atoms with E-state index in [1.807, 2.05) is 4.90 Å². The number of nitrogens with one attached hydrogen (secondary N) is 1.